The van der Waals surface area contributed by atoms with Crippen LogP contribution in [0.3, 0.4) is 0 Å². The van der Waals surface area contributed by atoms with Crippen molar-refractivity contribution in [2.24, 2.45) is 18.9 Å². The Morgan fingerprint density at radius 2 is 1.95 bits per heavy atom. The van der Waals surface area contributed by atoms with Crippen molar-refractivity contribution in [1.29, 1.82) is 0 Å². The first-order chi connectivity index (χ1) is 10.2. The Balaban J connectivity index is 1.70. The number of ether oxygens (including phenoxy) is 1. The van der Waals surface area contributed by atoms with Gasteiger partial charge in [-0.3, -0.25) is 9.58 Å². The van der Waals surface area contributed by atoms with E-state index in [1.807, 2.05) is 18.7 Å². The van der Waals surface area contributed by atoms with Crippen molar-refractivity contribution in [2.45, 2.75) is 39.2 Å². The highest BCUT2D eigenvalue weighted by molar-refractivity contribution is 5.90. The average molecular weight is 291 g/mol. The number of hydrogen-bond acceptors (Lipinski definition) is 4. The highest BCUT2D eigenvalue weighted by Gasteiger charge is 2.30. The van der Waals surface area contributed by atoms with Crippen molar-refractivity contribution in [3.05, 3.63) is 17.5 Å². The Kier molecular flexibility index (Phi) is 4.29. The van der Waals surface area contributed by atoms with E-state index in [0.29, 0.717) is 12.2 Å². The summed E-state index contributed by atoms with van der Waals surface area (Å²) in [5.74, 6) is 1.48. The van der Waals surface area contributed by atoms with E-state index in [2.05, 4.69) is 10.00 Å². The van der Waals surface area contributed by atoms with Gasteiger partial charge >= 0.3 is 5.97 Å². The summed E-state index contributed by atoms with van der Waals surface area (Å²) >= 11 is 0. The fourth-order valence-corrected chi connectivity index (χ4v) is 2.78. The summed E-state index contributed by atoms with van der Waals surface area (Å²) in [6, 6.07) is 0. The Morgan fingerprint density at radius 1 is 1.33 bits per heavy atom. The van der Waals surface area contributed by atoms with E-state index < -0.39 is 0 Å². The molecule has 1 aromatic rings. The van der Waals surface area contributed by atoms with Crippen molar-refractivity contribution < 1.29 is 9.53 Å². The number of aromatic nitrogens is 2. The molecular weight excluding hydrogens is 266 g/mol. The zero-order chi connectivity index (χ0) is 14.8. The molecule has 1 aromatic heterocycles. The smallest absolute Gasteiger partial charge is 0.341 e. The van der Waals surface area contributed by atoms with E-state index in [1.54, 1.807) is 6.20 Å². The lowest BCUT2D eigenvalue weighted by Crippen LogP contribution is -2.29. The Hall–Kier alpha value is -1.36. The summed E-state index contributed by atoms with van der Waals surface area (Å²) in [5.41, 5.74) is 1.60. The van der Waals surface area contributed by atoms with Crippen LogP contribution in [0.4, 0.5) is 0 Å². The van der Waals surface area contributed by atoms with Gasteiger partial charge < -0.3 is 4.74 Å². The highest BCUT2D eigenvalue weighted by Crippen LogP contribution is 2.34. The predicted octanol–water partition coefficient (Wildman–Crippen LogP) is 2.22. The van der Waals surface area contributed by atoms with Crippen molar-refractivity contribution in [1.82, 2.24) is 14.7 Å². The summed E-state index contributed by atoms with van der Waals surface area (Å²) in [6.45, 7) is 5.35. The molecule has 1 heterocycles. The van der Waals surface area contributed by atoms with E-state index in [1.165, 1.54) is 25.7 Å². The second-order valence-corrected chi connectivity index (χ2v) is 6.43. The lowest BCUT2D eigenvalue weighted by atomic mass is 10.2. The van der Waals surface area contributed by atoms with Crippen LogP contribution in [0.5, 0.6) is 0 Å². The van der Waals surface area contributed by atoms with Gasteiger partial charge in [0.25, 0.3) is 0 Å². The summed E-state index contributed by atoms with van der Waals surface area (Å²) in [6.07, 6.45) is 7.07. The van der Waals surface area contributed by atoms with Gasteiger partial charge in [0.15, 0.2) is 0 Å². The van der Waals surface area contributed by atoms with E-state index in [-0.39, 0.29) is 5.97 Å². The van der Waals surface area contributed by atoms with Crippen molar-refractivity contribution in [3.8, 4) is 0 Å². The molecule has 0 N–H and O–H groups in total. The second kappa shape index (κ2) is 6.18. The fourth-order valence-electron chi connectivity index (χ4n) is 2.78. The van der Waals surface area contributed by atoms with Gasteiger partial charge in [-0.25, -0.2) is 4.79 Å². The summed E-state index contributed by atoms with van der Waals surface area (Å²) in [5, 5.41) is 4.25. The van der Waals surface area contributed by atoms with E-state index in [9.17, 15) is 4.79 Å². The summed E-state index contributed by atoms with van der Waals surface area (Å²) in [4.78, 5) is 14.5. The topological polar surface area (TPSA) is 47.4 Å². The van der Waals surface area contributed by atoms with Crippen LogP contribution in [-0.2, 0) is 18.3 Å². The lowest BCUT2D eigenvalue weighted by Gasteiger charge is -2.22. The standard InChI is InChI=1S/C16H25N3O2/c1-3-21-16(20)14-8-17-18(2)15(14)11-19(9-12-4-5-12)10-13-6-7-13/h8,12-13H,3-7,9-11H2,1-2H3. The van der Waals surface area contributed by atoms with Crippen LogP contribution in [0, 0.1) is 11.8 Å². The molecule has 2 aliphatic carbocycles. The summed E-state index contributed by atoms with van der Waals surface area (Å²) < 4.78 is 6.96. The third-order valence-corrected chi connectivity index (χ3v) is 4.36. The molecule has 116 valence electrons. The number of rotatable bonds is 8. The Bertz CT molecular complexity index is 490. The van der Waals surface area contributed by atoms with Gasteiger partial charge in [-0.05, 0) is 44.4 Å². The van der Waals surface area contributed by atoms with Gasteiger partial charge in [0, 0.05) is 26.7 Å². The quantitative estimate of drug-likeness (QED) is 0.689. The number of esters is 1. The largest absolute Gasteiger partial charge is 0.462 e. The number of carbonyl (C=O) groups is 1. The molecule has 0 aromatic carbocycles. The molecule has 2 aliphatic rings. The molecule has 0 spiro atoms. The van der Waals surface area contributed by atoms with Gasteiger partial charge in [0.1, 0.15) is 5.56 Å². The van der Waals surface area contributed by atoms with Gasteiger partial charge in [0.2, 0.25) is 0 Å². The zero-order valence-electron chi connectivity index (χ0n) is 13.0. The number of hydrogen-bond donors (Lipinski definition) is 0. The van der Waals surface area contributed by atoms with Gasteiger partial charge in [-0.2, -0.15) is 5.10 Å². The van der Waals surface area contributed by atoms with E-state index >= 15 is 0 Å². The molecule has 2 saturated carbocycles. The van der Waals surface area contributed by atoms with Crippen LogP contribution in [0.25, 0.3) is 0 Å². The first-order valence-corrected chi connectivity index (χ1v) is 8.07. The highest BCUT2D eigenvalue weighted by atomic mass is 16.5. The molecule has 0 amide bonds. The molecule has 2 fully saturated rings. The van der Waals surface area contributed by atoms with Crippen molar-refractivity contribution in [3.63, 3.8) is 0 Å². The van der Waals surface area contributed by atoms with Crippen LogP contribution < -0.4 is 0 Å². The Morgan fingerprint density at radius 3 is 2.48 bits per heavy atom. The molecule has 0 aliphatic heterocycles. The lowest BCUT2D eigenvalue weighted by molar-refractivity contribution is 0.0523. The second-order valence-electron chi connectivity index (χ2n) is 6.43. The van der Waals surface area contributed by atoms with Gasteiger partial charge in [0.05, 0.1) is 18.5 Å². The van der Waals surface area contributed by atoms with Crippen molar-refractivity contribution in [2.75, 3.05) is 19.7 Å². The van der Waals surface area contributed by atoms with Gasteiger partial charge in [-0.1, -0.05) is 0 Å². The monoisotopic (exact) mass is 291 g/mol. The molecule has 5 nitrogen and oxygen atoms in total. The molecule has 0 saturated heterocycles. The molecule has 0 radical (unpaired) electrons. The first kappa shape index (κ1) is 14.6. The molecule has 0 atom stereocenters. The molecule has 21 heavy (non-hydrogen) atoms. The minimum atomic E-state index is -0.251. The molecule has 3 rings (SSSR count). The molecule has 5 heteroatoms. The number of carbonyl (C=O) groups excluding carboxylic acids is 1. The van der Waals surface area contributed by atoms with Gasteiger partial charge in [-0.15, -0.1) is 0 Å². The van der Waals surface area contributed by atoms with E-state index in [0.717, 1.165) is 37.2 Å². The Labute approximate surface area is 126 Å². The third-order valence-electron chi connectivity index (χ3n) is 4.36. The van der Waals surface area contributed by atoms with Crippen LogP contribution in [-0.4, -0.2) is 40.3 Å². The van der Waals surface area contributed by atoms with E-state index in [4.69, 9.17) is 4.74 Å². The number of nitrogens with zero attached hydrogens (tertiary/aromatic N) is 3. The fraction of sp³-hybridized carbons (Fsp3) is 0.750. The van der Waals surface area contributed by atoms with Crippen molar-refractivity contribution >= 4 is 5.97 Å². The maximum Gasteiger partial charge on any atom is 0.341 e. The van der Waals surface area contributed by atoms with Crippen LogP contribution in [0.15, 0.2) is 6.20 Å². The first-order valence-electron chi connectivity index (χ1n) is 8.07. The molecule has 0 unspecified atom stereocenters. The van der Waals surface area contributed by atoms with Crippen LogP contribution >= 0.6 is 0 Å². The molecule has 0 bridgehead atoms. The average Bonchev–Trinajstić information content (AvgIpc) is 3.35. The normalized spacial score (nSPS) is 18.2. The third kappa shape index (κ3) is 3.84. The predicted molar refractivity (Wildman–Crippen MR) is 79.9 cm³/mol. The zero-order valence-corrected chi connectivity index (χ0v) is 13.0. The molecular formula is C16H25N3O2. The summed E-state index contributed by atoms with van der Waals surface area (Å²) in [7, 11) is 1.91. The SMILES string of the molecule is CCOC(=O)c1cnn(C)c1CN(CC1CC1)CC1CC1. The van der Waals surface area contributed by atoms with Crippen LogP contribution in [0.2, 0.25) is 0 Å². The van der Waals surface area contributed by atoms with Crippen LogP contribution in [0.1, 0.15) is 48.7 Å². The maximum atomic E-state index is 12.0. The minimum Gasteiger partial charge on any atom is -0.462 e. The minimum absolute atomic E-state index is 0.251. The maximum absolute atomic E-state index is 12.0. The number of aryl methyl sites for hydroxylation is 1.